The Morgan fingerprint density at radius 3 is 2.58 bits per heavy atom. The van der Waals surface area contributed by atoms with Gasteiger partial charge in [-0.3, -0.25) is 4.79 Å². The first-order valence-corrected chi connectivity index (χ1v) is 10.6. The molecule has 2 aromatic heterocycles. The van der Waals surface area contributed by atoms with Gasteiger partial charge in [0.2, 0.25) is 11.8 Å². The van der Waals surface area contributed by atoms with E-state index in [2.05, 4.69) is 25.3 Å². The highest BCUT2D eigenvalue weighted by Gasteiger charge is 2.31. The van der Waals surface area contributed by atoms with Crippen LogP contribution in [0.1, 0.15) is 12.5 Å². The molecular formula is C23H22F3N7O3. The van der Waals surface area contributed by atoms with Gasteiger partial charge in [-0.15, -0.1) is 0 Å². The average Bonchev–Trinajstić information content (AvgIpc) is 2.79. The standard InChI is InChI=1S/C23H22F3N7O3/c1-11(10-35-2)29-22-31-16(13-7-6-12(8-14(13)27)23(24,25)26)9-18(32-22)36-17-5-3-4-15-19(17)33-20(28)21(34)30-15/h3-9,11H,10,27H2,1-2H3,(H2,28,33)(H,30,34)(H,29,31,32). The normalized spacial score (nSPS) is 12.5. The number of methoxy groups -OCH3 is 1. The number of alkyl halides is 3. The van der Waals surface area contributed by atoms with Crippen molar-refractivity contribution in [2.24, 2.45) is 0 Å². The molecule has 2 heterocycles. The predicted octanol–water partition coefficient (Wildman–Crippen LogP) is 3.80. The zero-order valence-electron chi connectivity index (χ0n) is 19.2. The molecule has 4 aromatic rings. The second-order valence-corrected chi connectivity index (χ2v) is 7.92. The molecule has 2 aromatic carbocycles. The number of halogens is 3. The molecule has 0 saturated heterocycles. The molecule has 1 atom stereocenters. The number of nitrogens with two attached hydrogens (primary N) is 2. The number of benzene rings is 2. The zero-order valence-corrected chi connectivity index (χ0v) is 19.2. The second kappa shape index (κ2) is 9.70. The Bertz CT molecular complexity index is 1470. The fraction of sp³-hybridized carbons (Fsp3) is 0.217. The van der Waals surface area contributed by atoms with Gasteiger partial charge >= 0.3 is 6.18 Å². The third-order valence-corrected chi connectivity index (χ3v) is 5.08. The van der Waals surface area contributed by atoms with Gasteiger partial charge in [0, 0.05) is 30.5 Å². The average molecular weight is 501 g/mol. The summed E-state index contributed by atoms with van der Waals surface area (Å²) in [6.07, 6.45) is -4.54. The summed E-state index contributed by atoms with van der Waals surface area (Å²) in [5, 5.41) is 3.06. The Morgan fingerprint density at radius 1 is 1.11 bits per heavy atom. The molecular weight excluding hydrogens is 479 g/mol. The first-order valence-electron chi connectivity index (χ1n) is 10.6. The van der Waals surface area contributed by atoms with Crippen LogP contribution in [-0.4, -0.2) is 39.7 Å². The lowest BCUT2D eigenvalue weighted by atomic mass is 10.1. The van der Waals surface area contributed by atoms with Crippen LogP contribution in [0, 0.1) is 0 Å². The van der Waals surface area contributed by atoms with E-state index in [0.717, 1.165) is 12.1 Å². The highest BCUT2D eigenvalue weighted by Crippen LogP contribution is 2.36. The number of hydrogen-bond donors (Lipinski definition) is 4. The van der Waals surface area contributed by atoms with Gasteiger partial charge in [-0.05, 0) is 31.2 Å². The molecule has 1 unspecified atom stereocenters. The highest BCUT2D eigenvalue weighted by molar-refractivity contribution is 5.82. The van der Waals surface area contributed by atoms with Crippen LogP contribution in [0.4, 0.5) is 30.6 Å². The number of nitrogens with one attached hydrogen (secondary N) is 2. The number of aromatic nitrogens is 4. The monoisotopic (exact) mass is 501 g/mol. The maximum absolute atomic E-state index is 13.1. The summed E-state index contributed by atoms with van der Waals surface area (Å²) in [7, 11) is 1.54. The first kappa shape index (κ1) is 24.7. The lowest BCUT2D eigenvalue weighted by Gasteiger charge is -2.16. The van der Waals surface area contributed by atoms with E-state index in [1.807, 2.05) is 6.92 Å². The largest absolute Gasteiger partial charge is 0.436 e. The van der Waals surface area contributed by atoms with Crippen LogP contribution >= 0.6 is 0 Å². The minimum Gasteiger partial charge on any atom is -0.436 e. The molecule has 4 rings (SSSR count). The van der Waals surface area contributed by atoms with Gasteiger partial charge in [-0.1, -0.05) is 12.1 Å². The number of anilines is 3. The molecule has 6 N–H and O–H groups in total. The highest BCUT2D eigenvalue weighted by atomic mass is 19.4. The Hall–Kier alpha value is -4.39. The summed E-state index contributed by atoms with van der Waals surface area (Å²) in [6, 6.07) is 9.09. The molecule has 0 aliphatic rings. The summed E-state index contributed by atoms with van der Waals surface area (Å²) in [5.74, 6) is 0.171. The third kappa shape index (κ3) is 5.30. The van der Waals surface area contributed by atoms with Crippen molar-refractivity contribution in [2.75, 3.05) is 30.5 Å². The molecule has 0 spiro atoms. The Balaban J connectivity index is 1.80. The molecule has 0 radical (unpaired) electrons. The number of para-hydroxylation sites is 1. The number of nitrogens with zero attached hydrogens (tertiary/aromatic N) is 3. The molecule has 0 saturated carbocycles. The van der Waals surface area contributed by atoms with Crippen molar-refractivity contribution in [3.8, 4) is 22.9 Å². The molecule has 0 aliphatic carbocycles. The SMILES string of the molecule is COCC(C)Nc1nc(Oc2cccc3[nH]c(=O)c(N)nc23)cc(-c2ccc(C(F)(F)F)cc2N)n1. The number of fused-ring (bicyclic) bond motifs is 1. The van der Waals surface area contributed by atoms with E-state index in [0.29, 0.717) is 12.1 Å². The Kier molecular flexibility index (Phi) is 6.66. The van der Waals surface area contributed by atoms with E-state index in [-0.39, 0.29) is 51.9 Å². The van der Waals surface area contributed by atoms with Crippen LogP contribution in [0.2, 0.25) is 0 Å². The molecule has 0 fully saturated rings. The van der Waals surface area contributed by atoms with E-state index >= 15 is 0 Å². The lowest BCUT2D eigenvalue weighted by molar-refractivity contribution is -0.137. The molecule has 10 nitrogen and oxygen atoms in total. The molecule has 0 amide bonds. The van der Waals surface area contributed by atoms with Crippen molar-refractivity contribution in [3.05, 3.63) is 58.4 Å². The fourth-order valence-corrected chi connectivity index (χ4v) is 3.46. The van der Waals surface area contributed by atoms with Crippen molar-refractivity contribution in [2.45, 2.75) is 19.1 Å². The van der Waals surface area contributed by atoms with Crippen LogP contribution < -0.4 is 27.1 Å². The van der Waals surface area contributed by atoms with Gasteiger partial charge in [0.1, 0.15) is 5.52 Å². The minimum absolute atomic E-state index is 0.0467. The second-order valence-electron chi connectivity index (χ2n) is 7.92. The number of rotatable bonds is 7. The van der Waals surface area contributed by atoms with Gasteiger partial charge in [-0.25, -0.2) is 9.97 Å². The topological polar surface area (TPSA) is 154 Å². The number of hydrogen-bond acceptors (Lipinski definition) is 9. The quantitative estimate of drug-likeness (QED) is 0.277. The van der Waals surface area contributed by atoms with Crippen LogP contribution in [0.15, 0.2) is 47.3 Å². The molecule has 0 bridgehead atoms. The van der Waals surface area contributed by atoms with Gasteiger partial charge in [-0.2, -0.15) is 18.2 Å². The minimum atomic E-state index is -4.54. The van der Waals surface area contributed by atoms with Crippen molar-refractivity contribution in [3.63, 3.8) is 0 Å². The number of H-pyrrole nitrogens is 1. The summed E-state index contributed by atoms with van der Waals surface area (Å²) in [6.45, 7) is 2.17. The maximum atomic E-state index is 13.1. The Labute approximate surface area is 202 Å². The van der Waals surface area contributed by atoms with Crippen molar-refractivity contribution in [1.82, 2.24) is 19.9 Å². The van der Waals surface area contributed by atoms with Crippen LogP contribution in [0.5, 0.6) is 11.6 Å². The van der Waals surface area contributed by atoms with E-state index in [1.54, 1.807) is 18.2 Å². The summed E-state index contributed by atoms with van der Waals surface area (Å²) < 4.78 is 50.4. The molecule has 188 valence electrons. The summed E-state index contributed by atoms with van der Waals surface area (Å²) in [4.78, 5) is 27.3. The number of nitrogen functional groups attached to an aromatic ring is 2. The maximum Gasteiger partial charge on any atom is 0.416 e. The van der Waals surface area contributed by atoms with Crippen LogP contribution in [0.3, 0.4) is 0 Å². The zero-order chi connectivity index (χ0) is 26.0. The van der Waals surface area contributed by atoms with Crippen LogP contribution in [0.25, 0.3) is 22.3 Å². The molecule has 36 heavy (non-hydrogen) atoms. The summed E-state index contributed by atoms with van der Waals surface area (Å²) in [5.41, 5.74) is 11.2. The molecule has 0 aliphatic heterocycles. The van der Waals surface area contributed by atoms with E-state index < -0.39 is 17.3 Å². The number of aromatic amines is 1. The van der Waals surface area contributed by atoms with Gasteiger partial charge < -0.3 is 31.2 Å². The third-order valence-electron chi connectivity index (χ3n) is 5.08. The van der Waals surface area contributed by atoms with Crippen molar-refractivity contribution < 1.29 is 22.6 Å². The van der Waals surface area contributed by atoms with E-state index in [4.69, 9.17) is 20.9 Å². The smallest absolute Gasteiger partial charge is 0.416 e. The van der Waals surface area contributed by atoms with Gasteiger partial charge in [0.15, 0.2) is 11.6 Å². The summed E-state index contributed by atoms with van der Waals surface area (Å²) >= 11 is 0. The van der Waals surface area contributed by atoms with E-state index in [9.17, 15) is 18.0 Å². The fourth-order valence-electron chi connectivity index (χ4n) is 3.46. The van der Waals surface area contributed by atoms with Crippen molar-refractivity contribution in [1.29, 1.82) is 0 Å². The Morgan fingerprint density at radius 2 is 1.89 bits per heavy atom. The number of ether oxygens (including phenoxy) is 2. The van der Waals surface area contributed by atoms with Gasteiger partial charge in [0.25, 0.3) is 5.56 Å². The lowest BCUT2D eigenvalue weighted by Crippen LogP contribution is -2.22. The van der Waals surface area contributed by atoms with E-state index in [1.165, 1.54) is 19.2 Å². The molecule has 13 heteroatoms. The first-order chi connectivity index (χ1) is 17.0. The van der Waals surface area contributed by atoms with Crippen molar-refractivity contribution >= 4 is 28.5 Å². The van der Waals surface area contributed by atoms with Gasteiger partial charge in [0.05, 0.1) is 23.4 Å². The predicted molar refractivity (Wildman–Crippen MR) is 129 cm³/mol. The van der Waals surface area contributed by atoms with Crippen LogP contribution in [-0.2, 0) is 10.9 Å².